The molecule has 0 fully saturated rings. The monoisotopic (exact) mass is 153 g/mol. The minimum absolute atomic E-state index is 0.0938. The van der Waals surface area contributed by atoms with Crippen LogP contribution in [0.25, 0.3) is 0 Å². The molecule has 3 N–H and O–H groups in total. The molecule has 0 saturated carbocycles. The molecule has 5 heteroatoms. The first-order chi connectivity index (χ1) is 3.95. The van der Waals surface area contributed by atoms with Gasteiger partial charge < -0.3 is 15.1 Å². The number of hydrogen-bond acceptors (Lipinski definition) is 2. The average molecular weight is 153 g/mol. The maximum absolute atomic E-state index is 10.3. The summed E-state index contributed by atoms with van der Waals surface area (Å²) in [7, 11) is -2.13. The van der Waals surface area contributed by atoms with Crippen molar-refractivity contribution in [1.82, 2.24) is 5.32 Å². The third kappa shape index (κ3) is 5.99. The molecule has 1 atom stereocenters. The van der Waals surface area contributed by atoms with E-state index in [0.29, 0.717) is 0 Å². The van der Waals surface area contributed by atoms with Gasteiger partial charge >= 0.3 is 7.60 Å². The third-order valence-electron chi connectivity index (χ3n) is 1.00. The number of nitrogens with one attached hydrogen (secondary N) is 1. The number of hydrogen-bond donors (Lipinski definition) is 3. The fraction of sp³-hybridized carbons (Fsp3) is 1.00. The van der Waals surface area contributed by atoms with E-state index < -0.39 is 7.60 Å². The highest BCUT2D eigenvalue weighted by molar-refractivity contribution is 7.51. The van der Waals surface area contributed by atoms with E-state index in [9.17, 15) is 4.57 Å². The molecule has 0 saturated heterocycles. The normalized spacial score (nSPS) is 15.6. The van der Waals surface area contributed by atoms with Gasteiger partial charge in [-0.15, -0.1) is 0 Å². The van der Waals surface area contributed by atoms with Crippen molar-refractivity contribution in [2.45, 2.75) is 13.0 Å². The Morgan fingerprint density at radius 2 is 2.11 bits per heavy atom. The van der Waals surface area contributed by atoms with Crippen LogP contribution < -0.4 is 5.32 Å². The number of rotatable bonds is 3. The quantitative estimate of drug-likeness (QED) is 0.490. The van der Waals surface area contributed by atoms with Crippen molar-refractivity contribution in [1.29, 1.82) is 0 Å². The molecular weight excluding hydrogens is 141 g/mol. The second-order valence-electron chi connectivity index (χ2n) is 2.04. The molecule has 0 aliphatic heterocycles. The summed E-state index contributed by atoms with van der Waals surface area (Å²) in [4.78, 5) is 16.8. The van der Waals surface area contributed by atoms with Gasteiger partial charge in [-0.1, -0.05) is 0 Å². The minimum atomic E-state index is -3.80. The van der Waals surface area contributed by atoms with E-state index in [-0.39, 0.29) is 12.2 Å². The Labute approximate surface area is 54.4 Å². The largest absolute Gasteiger partial charge is 0.327 e. The predicted octanol–water partition coefficient (Wildman–Crippen LogP) is -0.228. The van der Waals surface area contributed by atoms with Gasteiger partial charge in [-0.05, 0) is 14.0 Å². The average Bonchev–Trinajstić information content (AvgIpc) is 1.62. The SMILES string of the molecule is CNC(C)CP(=O)(O)O. The van der Waals surface area contributed by atoms with Crippen LogP contribution in [0.4, 0.5) is 0 Å². The van der Waals surface area contributed by atoms with Crippen LogP contribution in [-0.2, 0) is 4.57 Å². The van der Waals surface area contributed by atoms with Crippen molar-refractivity contribution in [2.24, 2.45) is 0 Å². The van der Waals surface area contributed by atoms with Crippen LogP contribution in [-0.4, -0.2) is 29.0 Å². The van der Waals surface area contributed by atoms with Crippen LogP contribution >= 0.6 is 7.60 Å². The van der Waals surface area contributed by atoms with Gasteiger partial charge in [-0.2, -0.15) is 0 Å². The van der Waals surface area contributed by atoms with E-state index >= 15 is 0 Å². The summed E-state index contributed by atoms with van der Waals surface area (Å²) in [5.74, 6) is 0. The molecule has 0 aromatic rings. The Morgan fingerprint density at radius 3 is 2.22 bits per heavy atom. The van der Waals surface area contributed by atoms with Crippen LogP contribution in [0.3, 0.4) is 0 Å². The van der Waals surface area contributed by atoms with E-state index in [4.69, 9.17) is 9.79 Å². The van der Waals surface area contributed by atoms with Gasteiger partial charge in [-0.25, -0.2) is 0 Å². The molecular formula is C4H12NO3P. The second-order valence-corrected chi connectivity index (χ2v) is 3.73. The summed E-state index contributed by atoms with van der Waals surface area (Å²) in [6, 6.07) is -0.120. The van der Waals surface area contributed by atoms with Crippen LogP contribution in [0, 0.1) is 0 Å². The first kappa shape index (κ1) is 9.11. The molecule has 0 radical (unpaired) electrons. The lowest BCUT2D eigenvalue weighted by atomic mass is 10.4. The Hall–Kier alpha value is 0.110. The lowest BCUT2D eigenvalue weighted by Crippen LogP contribution is -2.24. The molecule has 0 bridgehead atoms. The lowest BCUT2D eigenvalue weighted by Gasteiger charge is -2.09. The second kappa shape index (κ2) is 3.32. The first-order valence-corrected chi connectivity index (χ1v) is 4.47. The van der Waals surface area contributed by atoms with E-state index in [1.165, 1.54) is 0 Å². The summed E-state index contributed by atoms with van der Waals surface area (Å²) in [6.45, 7) is 1.72. The maximum atomic E-state index is 10.3. The van der Waals surface area contributed by atoms with Crippen LogP contribution in [0.1, 0.15) is 6.92 Å². The van der Waals surface area contributed by atoms with Crippen molar-refractivity contribution in [2.75, 3.05) is 13.2 Å². The van der Waals surface area contributed by atoms with Gasteiger partial charge in [0.25, 0.3) is 0 Å². The fourth-order valence-electron chi connectivity index (χ4n) is 0.448. The fourth-order valence-corrected chi connectivity index (χ4v) is 1.34. The van der Waals surface area contributed by atoms with Gasteiger partial charge in [0, 0.05) is 6.04 Å². The van der Waals surface area contributed by atoms with Crippen molar-refractivity contribution in [3.63, 3.8) is 0 Å². The smallest absolute Gasteiger partial charge is 0.324 e. The van der Waals surface area contributed by atoms with Crippen LogP contribution in [0.5, 0.6) is 0 Å². The zero-order valence-electron chi connectivity index (χ0n) is 5.53. The summed E-state index contributed by atoms with van der Waals surface area (Å²) in [5, 5.41) is 2.73. The highest BCUT2D eigenvalue weighted by Crippen LogP contribution is 2.34. The Kier molecular flexibility index (Phi) is 3.36. The Bertz CT molecular complexity index is 121. The third-order valence-corrected chi connectivity index (χ3v) is 2.03. The topological polar surface area (TPSA) is 69.6 Å². The summed E-state index contributed by atoms with van der Waals surface area (Å²) in [6.07, 6.45) is -0.0938. The van der Waals surface area contributed by atoms with Gasteiger partial charge in [0.15, 0.2) is 0 Å². The van der Waals surface area contributed by atoms with E-state index in [1.807, 2.05) is 0 Å². The standard InChI is InChI=1S/C4H12NO3P/c1-4(5-2)3-9(6,7)8/h4-5H,3H2,1-2H3,(H2,6,7,8). The maximum Gasteiger partial charge on any atom is 0.327 e. The molecule has 0 aliphatic rings. The summed E-state index contributed by atoms with van der Waals surface area (Å²) in [5.41, 5.74) is 0. The van der Waals surface area contributed by atoms with Crippen molar-refractivity contribution in [3.8, 4) is 0 Å². The van der Waals surface area contributed by atoms with Crippen molar-refractivity contribution < 1.29 is 14.4 Å². The van der Waals surface area contributed by atoms with Gasteiger partial charge in [-0.3, -0.25) is 4.57 Å². The highest BCUT2D eigenvalue weighted by Gasteiger charge is 2.15. The molecule has 0 heterocycles. The van der Waals surface area contributed by atoms with Crippen LogP contribution in [0.15, 0.2) is 0 Å². The molecule has 0 rings (SSSR count). The van der Waals surface area contributed by atoms with Gasteiger partial charge in [0.2, 0.25) is 0 Å². The van der Waals surface area contributed by atoms with Gasteiger partial charge in [0.1, 0.15) is 0 Å². The van der Waals surface area contributed by atoms with E-state index in [0.717, 1.165) is 0 Å². The molecule has 4 nitrogen and oxygen atoms in total. The van der Waals surface area contributed by atoms with Crippen molar-refractivity contribution in [3.05, 3.63) is 0 Å². The molecule has 0 aromatic carbocycles. The van der Waals surface area contributed by atoms with E-state index in [2.05, 4.69) is 5.32 Å². The summed E-state index contributed by atoms with van der Waals surface area (Å²) >= 11 is 0. The molecule has 1 unspecified atom stereocenters. The Balaban J connectivity index is 3.60. The first-order valence-electron chi connectivity index (χ1n) is 2.67. The molecule has 0 aromatic heterocycles. The van der Waals surface area contributed by atoms with Crippen molar-refractivity contribution >= 4 is 7.60 Å². The molecule has 0 spiro atoms. The molecule has 0 aliphatic carbocycles. The summed E-state index contributed by atoms with van der Waals surface area (Å²) < 4.78 is 10.3. The van der Waals surface area contributed by atoms with Gasteiger partial charge in [0.05, 0.1) is 6.16 Å². The molecule has 56 valence electrons. The zero-order valence-corrected chi connectivity index (χ0v) is 6.43. The highest BCUT2D eigenvalue weighted by atomic mass is 31.2. The molecule has 9 heavy (non-hydrogen) atoms. The zero-order chi connectivity index (χ0) is 7.49. The van der Waals surface area contributed by atoms with E-state index in [1.54, 1.807) is 14.0 Å². The minimum Gasteiger partial charge on any atom is -0.324 e. The molecule has 0 amide bonds. The van der Waals surface area contributed by atoms with Crippen LogP contribution in [0.2, 0.25) is 0 Å². The Morgan fingerprint density at radius 1 is 1.67 bits per heavy atom. The predicted molar refractivity (Wildman–Crippen MR) is 35.4 cm³/mol. The lowest BCUT2D eigenvalue weighted by molar-refractivity contribution is 0.367.